The third-order valence-electron chi connectivity index (χ3n) is 8.82. The fraction of sp³-hybridized carbons (Fsp3) is 0.371. The van der Waals surface area contributed by atoms with Crippen LogP contribution in [-0.4, -0.2) is 6.65 Å². The molecule has 0 saturated carbocycles. The van der Waals surface area contributed by atoms with Crippen LogP contribution in [-0.2, 0) is 32.3 Å². The predicted octanol–water partition coefficient (Wildman–Crippen LogP) is 2.32. The summed E-state index contributed by atoms with van der Waals surface area (Å²) in [7, 11) is 0. The molecule has 0 radical (unpaired) electrons. The number of halogens is 2. The molecular weight excluding hydrogens is 611 g/mol. The molecule has 3 aromatic rings. The minimum absolute atomic E-state index is 0. The van der Waals surface area contributed by atoms with Gasteiger partial charge in [0.05, 0.1) is 0 Å². The fourth-order valence-corrected chi connectivity index (χ4v) is 38.5. The van der Waals surface area contributed by atoms with E-state index < -0.39 is 19.4 Å². The second-order valence-corrected chi connectivity index (χ2v) is 34.7. The van der Waals surface area contributed by atoms with Crippen LogP contribution in [0.1, 0.15) is 82.2 Å². The van der Waals surface area contributed by atoms with Crippen LogP contribution in [0.4, 0.5) is 0 Å². The minimum atomic E-state index is -3.08. The van der Waals surface area contributed by atoms with Crippen molar-refractivity contribution in [3.8, 4) is 0 Å². The zero-order valence-corrected chi connectivity index (χ0v) is 30.1. The van der Waals surface area contributed by atoms with Crippen molar-refractivity contribution >= 4 is 22.1 Å². The maximum Gasteiger partial charge on any atom is -1.00 e. The van der Waals surface area contributed by atoms with E-state index in [1.165, 1.54) is 22.3 Å². The number of fused-ring (bicyclic) bond motifs is 2. The standard InChI is InChI=1S/2C14H17.C6H5.CH5Si.2ClH.Zr/c2*1-10(2)6-12-4-5-13-7-11(3)8-14(13)9-12;1-2-4-6-5-3-1;1-2;;;/h2*4-5,7-10H,6H2,1-3H3;1-5H;2H2,1H3;2*1H;/p-2. The molecule has 0 fully saturated rings. The van der Waals surface area contributed by atoms with Gasteiger partial charge >= 0.3 is 233 Å². The molecular formula is C35H44Cl2SiZr-2. The average Bonchev–Trinajstić information content (AvgIpc) is 3.36. The monoisotopic (exact) mass is 652 g/mol. The minimum Gasteiger partial charge on any atom is -1.00 e. The molecule has 2 aliphatic rings. The van der Waals surface area contributed by atoms with Crippen LogP contribution >= 0.6 is 0 Å². The van der Waals surface area contributed by atoms with Crippen LogP contribution in [0.25, 0.3) is 12.2 Å². The van der Waals surface area contributed by atoms with Crippen LogP contribution in [0.5, 0.6) is 0 Å². The van der Waals surface area contributed by atoms with E-state index in [-0.39, 0.29) is 31.5 Å². The van der Waals surface area contributed by atoms with Crippen molar-refractivity contribution in [2.45, 2.75) is 68.2 Å². The fourth-order valence-electron chi connectivity index (χ4n) is 7.60. The van der Waals surface area contributed by atoms with Crippen LogP contribution in [0.15, 0.2) is 77.9 Å². The smallest absolute Gasteiger partial charge is 1.00 e. The van der Waals surface area contributed by atoms with Gasteiger partial charge in [-0.15, -0.1) is 0 Å². The number of hydrogen-bond donors (Lipinski definition) is 0. The first-order valence-electron chi connectivity index (χ1n) is 14.4. The molecule has 0 bridgehead atoms. The molecule has 0 amide bonds. The summed E-state index contributed by atoms with van der Waals surface area (Å²) < 4.78 is 3.00. The van der Waals surface area contributed by atoms with E-state index in [1.54, 1.807) is 25.5 Å². The summed E-state index contributed by atoms with van der Waals surface area (Å²) in [5, 5.41) is 0. The van der Waals surface area contributed by atoms with E-state index in [2.05, 4.69) is 127 Å². The molecule has 0 spiro atoms. The summed E-state index contributed by atoms with van der Waals surface area (Å²) in [5.74, 6) is 1.38. The zero-order chi connectivity index (χ0) is 26.3. The molecule has 0 nitrogen and oxygen atoms in total. The first-order valence-corrected chi connectivity index (χ1v) is 25.8. The van der Waals surface area contributed by atoms with Crippen LogP contribution in [0.3, 0.4) is 0 Å². The molecule has 0 N–H and O–H groups in total. The maximum atomic E-state index is 2.65. The summed E-state index contributed by atoms with van der Waals surface area (Å²) in [5.41, 5.74) is 12.5. The van der Waals surface area contributed by atoms with Crippen molar-refractivity contribution in [2.75, 3.05) is 0 Å². The van der Waals surface area contributed by atoms with Gasteiger partial charge in [-0.05, 0) is 0 Å². The van der Waals surface area contributed by atoms with Gasteiger partial charge in [0.15, 0.2) is 0 Å². The van der Waals surface area contributed by atoms with E-state index >= 15 is 0 Å². The van der Waals surface area contributed by atoms with Crippen molar-refractivity contribution in [3.63, 3.8) is 0 Å². The van der Waals surface area contributed by atoms with Gasteiger partial charge in [0.1, 0.15) is 0 Å². The summed E-state index contributed by atoms with van der Waals surface area (Å²) in [6.45, 7) is 16.6. The Bertz CT molecular complexity index is 1270. The molecule has 4 heteroatoms. The topological polar surface area (TPSA) is 0 Å². The Morgan fingerprint density at radius 1 is 0.667 bits per heavy atom. The quantitative estimate of drug-likeness (QED) is 0.328. The van der Waals surface area contributed by atoms with Crippen molar-refractivity contribution in [3.05, 3.63) is 111 Å². The van der Waals surface area contributed by atoms with Crippen LogP contribution < -0.4 is 28.1 Å². The Morgan fingerprint density at radius 2 is 1.10 bits per heavy atom. The van der Waals surface area contributed by atoms with Gasteiger partial charge in [-0.1, -0.05) is 0 Å². The predicted molar refractivity (Wildman–Crippen MR) is 163 cm³/mol. The van der Waals surface area contributed by atoms with E-state index in [1.807, 2.05) is 0 Å². The number of rotatable bonds is 8. The van der Waals surface area contributed by atoms with E-state index in [0.29, 0.717) is 19.1 Å². The van der Waals surface area contributed by atoms with Crippen molar-refractivity contribution < 1.29 is 44.2 Å². The third kappa shape index (κ3) is 6.06. The third-order valence-corrected chi connectivity index (χ3v) is 38.2. The first-order chi connectivity index (χ1) is 17.7. The van der Waals surface area contributed by atoms with Crippen LogP contribution in [0, 0.1) is 11.8 Å². The van der Waals surface area contributed by atoms with Gasteiger partial charge < -0.3 is 24.8 Å². The molecule has 39 heavy (non-hydrogen) atoms. The molecule has 2 unspecified atom stereocenters. The molecule has 2 aliphatic carbocycles. The number of hydrogen-bond acceptors (Lipinski definition) is 0. The molecule has 0 saturated heterocycles. The molecule has 208 valence electrons. The van der Waals surface area contributed by atoms with E-state index in [0.717, 1.165) is 12.8 Å². The largest absolute Gasteiger partial charge is 1.00 e. The van der Waals surface area contributed by atoms with Gasteiger partial charge in [0, 0.05) is 0 Å². The molecule has 0 aliphatic heterocycles. The molecule has 2 atom stereocenters. The second kappa shape index (κ2) is 13.2. The molecule has 5 rings (SSSR count). The first kappa shape index (κ1) is 32.3. The average molecular weight is 655 g/mol. The van der Waals surface area contributed by atoms with Gasteiger partial charge in [-0.2, -0.15) is 0 Å². The SMILES string of the molecule is C[SiH2][Zr]([c]1ccccc1)([CH]1C(C)=Cc2cc(CC(C)C)ccc21)[CH]1C(C)=Cc2cc(CC(C)C)ccc21.[Cl-].[Cl-]. The van der Waals surface area contributed by atoms with E-state index in [4.69, 9.17) is 0 Å². The van der Waals surface area contributed by atoms with Crippen LogP contribution in [0.2, 0.25) is 6.55 Å². The van der Waals surface area contributed by atoms with E-state index in [9.17, 15) is 0 Å². The second-order valence-electron chi connectivity index (χ2n) is 12.5. The Balaban J connectivity index is 0.00000210. The Hall–Kier alpha value is -1.18. The summed E-state index contributed by atoms with van der Waals surface area (Å²) in [6.07, 6.45) is 7.44. The molecule has 3 aromatic carbocycles. The molecule has 0 aromatic heterocycles. The summed E-state index contributed by atoms with van der Waals surface area (Å²) >= 11 is -3.08. The normalized spacial score (nSPS) is 19.3. The number of allylic oxidation sites excluding steroid dienone is 2. The van der Waals surface area contributed by atoms with Crippen molar-refractivity contribution in [1.29, 1.82) is 0 Å². The van der Waals surface area contributed by atoms with Gasteiger partial charge in [-0.25, -0.2) is 0 Å². The van der Waals surface area contributed by atoms with Gasteiger partial charge in [0.2, 0.25) is 0 Å². The van der Waals surface area contributed by atoms with Gasteiger partial charge in [-0.3, -0.25) is 0 Å². The summed E-state index contributed by atoms with van der Waals surface area (Å²) in [4.78, 5) is 0. The Kier molecular flexibility index (Phi) is 10.9. The number of benzene rings is 3. The van der Waals surface area contributed by atoms with Crippen molar-refractivity contribution in [2.24, 2.45) is 11.8 Å². The Labute approximate surface area is 255 Å². The summed E-state index contributed by atoms with van der Waals surface area (Å²) in [6, 6.07) is 26.9. The Morgan fingerprint density at radius 3 is 1.49 bits per heavy atom. The van der Waals surface area contributed by atoms with Gasteiger partial charge in [0.25, 0.3) is 0 Å². The zero-order valence-electron chi connectivity index (χ0n) is 24.7. The molecule has 0 heterocycles. The van der Waals surface area contributed by atoms with Crippen molar-refractivity contribution in [1.82, 2.24) is 0 Å². The maximum absolute atomic E-state index is 3.08.